The predicted octanol–water partition coefficient (Wildman–Crippen LogP) is 3.86. The van der Waals surface area contributed by atoms with Gasteiger partial charge in [-0.3, -0.25) is 0 Å². The second kappa shape index (κ2) is 8.54. The predicted molar refractivity (Wildman–Crippen MR) is 90.6 cm³/mol. The molecule has 118 valence electrons. The first-order valence-electron chi connectivity index (χ1n) is 7.93. The van der Waals surface area contributed by atoms with Gasteiger partial charge in [-0.15, -0.1) is 0 Å². The highest BCUT2D eigenvalue weighted by molar-refractivity contribution is 7.99. The molecule has 1 aliphatic carbocycles. The fourth-order valence-corrected chi connectivity index (χ4v) is 4.24. The van der Waals surface area contributed by atoms with Gasteiger partial charge < -0.3 is 14.8 Å². The molecule has 0 aliphatic heterocycles. The summed E-state index contributed by atoms with van der Waals surface area (Å²) < 4.78 is 11.2. The molecule has 4 heteroatoms. The Bertz CT molecular complexity index is 439. The molecule has 1 saturated carbocycles. The molecule has 0 bridgehead atoms. The van der Waals surface area contributed by atoms with E-state index >= 15 is 0 Å². The summed E-state index contributed by atoms with van der Waals surface area (Å²) in [7, 11) is 1.71. The lowest BCUT2D eigenvalue weighted by atomic mass is 10.1. The summed E-state index contributed by atoms with van der Waals surface area (Å²) in [6, 6.07) is 6.75. The van der Waals surface area contributed by atoms with Gasteiger partial charge in [-0.05, 0) is 31.6 Å². The summed E-state index contributed by atoms with van der Waals surface area (Å²) in [4.78, 5) is 0. The normalized spacial score (nSPS) is 21.5. The monoisotopic (exact) mass is 309 g/mol. The minimum atomic E-state index is 0.621. The van der Waals surface area contributed by atoms with Crippen molar-refractivity contribution in [3.63, 3.8) is 0 Å². The number of nitrogens with one attached hydrogen (secondary N) is 1. The molecule has 0 spiro atoms. The highest BCUT2D eigenvalue weighted by Gasteiger charge is 2.26. The Morgan fingerprint density at radius 1 is 1.29 bits per heavy atom. The van der Waals surface area contributed by atoms with Crippen molar-refractivity contribution in [3.05, 3.63) is 23.8 Å². The van der Waals surface area contributed by atoms with Crippen molar-refractivity contribution in [3.8, 4) is 11.5 Å². The van der Waals surface area contributed by atoms with Crippen molar-refractivity contribution >= 4 is 11.8 Å². The van der Waals surface area contributed by atoms with E-state index in [2.05, 4.69) is 30.1 Å². The Balaban J connectivity index is 2.00. The Morgan fingerprint density at radius 2 is 2.14 bits per heavy atom. The third kappa shape index (κ3) is 4.30. The summed E-state index contributed by atoms with van der Waals surface area (Å²) in [5.41, 5.74) is 1.18. The minimum absolute atomic E-state index is 0.621. The molecule has 1 N–H and O–H groups in total. The molecule has 2 atom stereocenters. The molecule has 2 unspecified atom stereocenters. The molecule has 21 heavy (non-hydrogen) atoms. The number of hydrogen-bond acceptors (Lipinski definition) is 4. The van der Waals surface area contributed by atoms with E-state index < -0.39 is 0 Å². The zero-order valence-corrected chi connectivity index (χ0v) is 14.2. The number of thioether (sulfide) groups is 1. The average Bonchev–Trinajstić information content (AvgIpc) is 2.93. The van der Waals surface area contributed by atoms with E-state index in [1.165, 1.54) is 30.6 Å². The molecule has 1 fully saturated rings. The second-order valence-corrected chi connectivity index (χ2v) is 6.81. The maximum absolute atomic E-state index is 5.64. The second-order valence-electron chi connectivity index (χ2n) is 5.29. The number of ether oxygens (including phenoxy) is 2. The van der Waals surface area contributed by atoms with Gasteiger partial charge >= 0.3 is 0 Å². The Morgan fingerprint density at radius 3 is 2.86 bits per heavy atom. The van der Waals surface area contributed by atoms with Gasteiger partial charge in [-0.1, -0.05) is 25.5 Å². The molecule has 1 aliphatic rings. The molecule has 0 amide bonds. The summed E-state index contributed by atoms with van der Waals surface area (Å²) in [6.07, 6.45) is 3.96. The standard InChI is InChI=1S/C17H27NO2S/c1-4-20-15-10-6-8-13(17(15)19-3)12-18-14-9-7-11-16(14)21-5-2/h6,8,10,14,16,18H,4-5,7,9,11-12H2,1-3H3. The summed E-state index contributed by atoms with van der Waals surface area (Å²) in [5.74, 6) is 2.90. The fraction of sp³-hybridized carbons (Fsp3) is 0.647. The lowest BCUT2D eigenvalue weighted by Crippen LogP contribution is -2.33. The van der Waals surface area contributed by atoms with Crippen LogP contribution in [0, 0.1) is 0 Å². The highest BCUT2D eigenvalue weighted by Crippen LogP contribution is 2.33. The van der Waals surface area contributed by atoms with Crippen molar-refractivity contribution in [2.45, 2.75) is 50.9 Å². The fourth-order valence-electron chi connectivity index (χ4n) is 3.02. The first-order chi connectivity index (χ1) is 10.3. The Labute approximate surface area is 132 Å². The zero-order chi connectivity index (χ0) is 15.1. The molecule has 0 saturated heterocycles. The molecule has 0 heterocycles. The van der Waals surface area contributed by atoms with Crippen LogP contribution in [0.3, 0.4) is 0 Å². The van der Waals surface area contributed by atoms with Crippen molar-refractivity contribution in [2.24, 2.45) is 0 Å². The van der Waals surface area contributed by atoms with Crippen LogP contribution in [0.4, 0.5) is 0 Å². The zero-order valence-electron chi connectivity index (χ0n) is 13.4. The van der Waals surface area contributed by atoms with Gasteiger partial charge in [0.25, 0.3) is 0 Å². The average molecular weight is 309 g/mol. The van der Waals surface area contributed by atoms with Crippen LogP contribution in [0.5, 0.6) is 11.5 Å². The van der Waals surface area contributed by atoms with Crippen LogP contribution in [0.15, 0.2) is 18.2 Å². The van der Waals surface area contributed by atoms with Crippen LogP contribution >= 0.6 is 11.8 Å². The number of rotatable bonds is 8. The topological polar surface area (TPSA) is 30.5 Å². The largest absolute Gasteiger partial charge is 0.493 e. The summed E-state index contributed by atoms with van der Waals surface area (Å²) in [6.45, 7) is 5.74. The number of benzene rings is 1. The van der Waals surface area contributed by atoms with Crippen LogP contribution in [-0.2, 0) is 6.54 Å². The van der Waals surface area contributed by atoms with Gasteiger partial charge in [0.2, 0.25) is 0 Å². The maximum Gasteiger partial charge on any atom is 0.165 e. The number of methoxy groups -OCH3 is 1. The smallest absolute Gasteiger partial charge is 0.165 e. The van der Waals surface area contributed by atoms with Crippen LogP contribution in [0.2, 0.25) is 0 Å². The van der Waals surface area contributed by atoms with Crippen molar-refractivity contribution in [2.75, 3.05) is 19.5 Å². The minimum Gasteiger partial charge on any atom is -0.493 e. The third-order valence-corrected chi connectivity index (χ3v) is 5.28. The van der Waals surface area contributed by atoms with Crippen LogP contribution in [0.1, 0.15) is 38.7 Å². The van der Waals surface area contributed by atoms with Gasteiger partial charge in [0.1, 0.15) is 0 Å². The lowest BCUT2D eigenvalue weighted by molar-refractivity contribution is 0.308. The van der Waals surface area contributed by atoms with Crippen molar-refractivity contribution in [1.82, 2.24) is 5.32 Å². The lowest BCUT2D eigenvalue weighted by Gasteiger charge is -2.21. The Hall–Kier alpha value is -0.870. The van der Waals surface area contributed by atoms with Crippen LogP contribution in [0.25, 0.3) is 0 Å². The van der Waals surface area contributed by atoms with E-state index in [4.69, 9.17) is 9.47 Å². The van der Waals surface area contributed by atoms with E-state index in [0.29, 0.717) is 12.6 Å². The van der Waals surface area contributed by atoms with Gasteiger partial charge in [0.05, 0.1) is 13.7 Å². The molecule has 1 aromatic rings. The highest BCUT2D eigenvalue weighted by atomic mass is 32.2. The summed E-state index contributed by atoms with van der Waals surface area (Å²) in [5, 5.41) is 4.48. The molecule has 3 nitrogen and oxygen atoms in total. The van der Waals surface area contributed by atoms with Gasteiger partial charge in [0.15, 0.2) is 11.5 Å². The first kappa shape index (κ1) is 16.5. The molecular formula is C17H27NO2S. The SMILES string of the molecule is CCOc1cccc(CNC2CCCC2SCC)c1OC. The molecular weight excluding hydrogens is 282 g/mol. The maximum atomic E-state index is 5.64. The van der Waals surface area contributed by atoms with E-state index in [1.54, 1.807) is 7.11 Å². The first-order valence-corrected chi connectivity index (χ1v) is 8.98. The summed E-state index contributed by atoms with van der Waals surface area (Å²) >= 11 is 2.08. The van der Waals surface area contributed by atoms with Crippen LogP contribution < -0.4 is 14.8 Å². The molecule has 0 aromatic heterocycles. The van der Waals surface area contributed by atoms with E-state index in [-0.39, 0.29) is 0 Å². The third-order valence-electron chi connectivity index (χ3n) is 3.95. The van der Waals surface area contributed by atoms with Crippen molar-refractivity contribution in [1.29, 1.82) is 0 Å². The number of para-hydroxylation sites is 1. The van der Waals surface area contributed by atoms with E-state index in [1.807, 2.05) is 19.1 Å². The molecule has 2 rings (SSSR count). The number of hydrogen-bond donors (Lipinski definition) is 1. The molecule has 0 radical (unpaired) electrons. The quantitative estimate of drug-likeness (QED) is 0.790. The van der Waals surface area contributed by atoms with Crippen molar-refractivity contribution < 1.29 is 9.47 Å². The molecule has 1 aromatic carbocycles. The van der Waals surface area contributed by atoms with Gasteiger partial charge in [-0.2, -0.15) is 11.8 Å². The Kier molecular flexibility index (Phi) is 6.71. The van der Waals surface area contributed by atoms with Crippen LogP contribution in [-0.4, -0.2) is 30.8 Å². The van der Waals surface area contributed by atoms with E-state index in [0.717, 1.165) is 23.3 Å². The van der Waals surface area contributed by atoms with Gasteiger partial charge in [0, 0.05) is 23.4 Å². The van der Waals surface area contributed by atoms with E-state index in [9.17, 15) is 0 Å². The van der Waals surface area contributed by atoms with Gasteiger partial charge in [-0.25, -0.2) is 0 Å².